The number of aromatic nitrogens is 1. The topological polar surface area (TPSA) is 90.2 Å². The maximum absolute atomic E-state index is 13.1. The Labute approximate surface area is 194 Å². The van der Waals surface area contributed by atoms with Crippen LogP contribution in [0.25, 0.3) is 10.2 Å². The van der Waals surface area contributed by atoms with Gasteiger partial charge in [0, 0.05) is 19.6 Å². The lowest BCUT2D eigenvalue weighted by Gasteiger charge is -2.29. The zero-order valence-corrected chi connectivity index (χ0v) is 20.6. The monoisotopic (exact) mass is 495 g/mol. The summed E-state index contributed by atoms with van der Waals surface area (Å²) in [7, 11) is -0.383. The molecule has 1 amide bonds. The fraction of sp³-hybridized carbons (Fsp3) is 0.429. The summed E-state index contributed by atoms with van der Waals surface area (Å²) in [4.78, 5) is 18.1. The van der Waals surface area contributed by atoms with E-state index in [-0.39, 0.29) is 12.5 Å². The number of ether oxygens (including phenoxy) is 2. The number of amides is 1. The molecule has 32 heavy (non-hydrogen) atoms. The van der Waals surface area contributed by atoms with Gasteiger partial charge in [-0.1, -0.05) is 17.4 Å². The van der Waals surface area contributed by atoms with Crippen molar-refractivity contribution < 1.29 is 22.7 Å². The second kappa shape index (κ2) is 9.34. The molecular formula is C21H25N3O5S3. The van der Waals surface area contributed by atoms with Crippen molar-refractivity contribution >= 4 is 48.8 Å². The number of methoxy groups -OCH3 is 2. The van der Waals surface area contributed by atoms with E-state index in [0.717, 1.165) is 10.2 Å². The van der Waals surface area contributed by atoms with E-state index in [2.05, 4.69) is 4.99 Å². The number of aryl methyl sites for hydroxylation is 1. The molecule has 1 aromatic carbocycles. The van der Waals surface area contributed by atoms with Gasteiger partial charge in [-0.2, -0.15) is 9.30 Å². The fourth-order valence-electron chi connectivity index (χ4n) is 3.92. The van der Waals surface area contributed by atoms with Gasteiger partial charge in [-0.05, 0) is 43.3 Å². The molecule has 1 unspecified atom stereocenters. The van der Waals surface area contributed by atoms with E-state index in [0.29, 0.717) is 46.4 Å². The highest BCUT2D eigenvalue weighted by Crippen LogP contribution is 2.35. The summed E-state index contributed by atoms with van der Waals surface area (Å²) in [5, 5.41) is 1.74. The van der Waals surface area contributed by atoms with Crippen LogP contribution in [0.3, 0.4) is 0 Å². The van der Waals surface area contributed by atoms with E-state index in [9.17, 15) is 13.2 Å². The van der Waals surface area contributed by atoms with Crippen molar-refractivity contribution in [3.8, 4) is 11.5 Å². The Morgan fingerprint density at radius 1 is 1.22 bits per heavy atom. The van der Waals surface area contributed by atoms with E-state index in [1.807, 2.05) is 23.6 Å². The number of sulfonamides is 1. The molecule has 1 fully saturated rings. The summed E-state index contributed by atoms with van der Waals surface area (Å²) in [6.45, 7) is 3.13. The summed E-state index contributed by atoms with van der Waals surface area (Å²) < 4.78 is 41.3. The lowest BCUT2D eigenvalue weighted by molar-refractivity contribution is -0.122. The first-order valence-electron chi connectivity index (χ1n) is 10.3. The second-order valence-electron chi connectivity index (χ2n) is 7.36. The van der Waals surface area contributed by atoms with Gasteiger partial charge in [-0.15, -0.1) is 11.3 Å². The summed E-state index contributed by atoms with van der Waals surface area (Å²) in [5.41, 5.74) is 0.830. The third-order valence-electron chi connectivity index (χ3n) is 5.54. The zero-order valence-electron chi connectivity index (χ0n) is 18.1. The van der Waals surface area contributed by atoms with Crippen LogP contribution in [0.5, 0.6) is 11.5 Å². The minimum atomic E-state index is -3.59. The maximum Gasteiger partial charge on any atom is 0.252 e. The van der Waals surface area contributed by atoms with Gasteiger partial charge in [0.2, 0.25) is 0 Å². The van der Waals surface area contributed by atoms with Crippen LogP contribution in [0.2, 0.25) is 0 Å². The van der Waals surface area contributed by atoms with Crippen LogP contribution in [-0.2, 0) is 21.4 Å². The summed E-state index contributed by atoms with van der Waals surface area (Å²) in [6.07, 6.45) is 1.24. The molecule has 3 heterocycles. The van der Waals surface area contributed by atoms with Crippen molar-refractivity contribution in [2.45, 2.75) is 30.5 Å². The molecule has 0 bridgehead atoms. The van der Waals surface area contributed by atoms with Crippen LogP contribution < -0.4 is 14.3 Å². The second-order valence-corrected chi connectivity index (χ2v) is 11.5. The molecule has 1 aliphatic rings. The van der Waals surface area contributed by atoms with Crippen molar-refractivity contribution in [2.24, 2.45) is 10.9 Å². The van der Waals surface area contributed by atoms with Gasteiger partial charge in [0.15, 0.2) is 4.80 Å². The van der Waals surface area contributed by atoms with Gasteiger partial charge < -0.3 is 14.0 Å². The van der Waals surface area contributed by atoms with E-state index in [1.165, 1.54) is 27.0 Å². The summed E-state index contributed by atoms with van der Waals surface area (Å²) in [5.74, 6) is 0.590. The normalized spacial score (nSPS) is 18.2. The molecule has 172 valence electrons. The van der Waals surface area contributed by atoms with Crippen LogP contribution in [0.4, 0.5) is 0 Å². The molecule has 0 N–H and O–H groups in total. The predicted octanol–water partition coefficient (Wildman–Crippen LogP) is 3.33. The number of piperidine rings is 1. The van der Waals surface area contributed by atoms with Crippen LogP contribution in [0.15, 0.2) is 38.8 Å². The zero-order chi connectivity index (χ0) is 22.9. The molecule has 11 heteroatoms. The van der Waals surface area contributed by atoms with E-state index >= 15 is 0 Å². The minimum Gasteiger partial charge on any atom is -0.495 e. The van der Waals surface area contributed by atoms with Gasteiger partial charge in [0.25, 0.3) is 15.9 Å². The molecule has 4 rings (SSSR count). The molecule has 1 atom stereocenters. The molecule has 1 saturated heterocycles. The van der Waals surface area contributed by atoms with Crippen molar-refractivity contribution in [3.05, 3.63) is 34.4 Å². The van der Waals surface area contributed by atoms with Gasteiger partial charge in [0.05, 0.1) is 20.1 Å². The molecular weight excluding hydrogens is 470 g/mol. The van der Waals surface area contributed by atoms with Crippen LogP contribution in [-0.4, -0.2) is 50.5 Å². The number of thiophene rings is 1. The van der Waals surface area contributed by atoms with Crippen molar-refractivity contribution in [1.82, 2.24) is 8.87 Å². The van der Waals surface area contributed by atoms with E-state index in [4.69, 9.17) is 9.47 Å². The number of nitrogens with zero attached hydrogens (tertiary/aromatic N) is 3. The van der Waals surface area contributed by atoms with Gasteiger partial charge in [0.1, 0.15) is 25.9 Å². The number of fused-ring (bicyclic) bond motifs is 1. The van der Waals surface area contributed by atoms with Crippen molar-refractivity contribution in [1.29, 1.82) is 0 Å². The van der Waals surface area contributed by atoms with Crippen molar-refractivity contribution in [3.63, 3.8) is 0 Å². The molecule has 0 spiro atoms. The Morgan fingerprint density at radius 2 is 1.97 bits per heavy atom. The Bertz CT molecular complexity index is 1290. The average molecular weight is 496 g/mol. The van der Waals surface area contributed by atoms with Gasteiger partial charge in [-0.25, -0.2) is 8.42 Å². The minimum absolute atomic E-state index is 0.145. The number of carbonyl (C=O) groups is 1. The molecule has 2 aromatic heterocycles. The molecule has 3 aromatic rings. The van der Waals surface area contributed by atoms with E-state index < -0.39 is 15.9 Å². The first-order valence-corrected chi connectivity index (χ1v) is 13.4. The highest BCUT2D eigenvalue weighted by Gasteiger charge is 2.34. The van der Waals surface area contributed by atoms with Crippen molar-refractivity contribution in [2.75, 3.05) is 27.3 Å². The Hall–Kier alpha value is -2.21. The van der Waals surface area contributed by atoms with Gasteiger partial charge >= 0.3 is 0 Å². The van der Waals surface area contributed by atoms with Crippen LogP contribution >= 0.6 is 22.7 Å². The highest BCUT2D eigenvalue weighted by atomic mass is 32.2. The third kappa shape index (κ3) is 4.09. The number of hydrogen-bond donors (Lipinski definition) is 0. The maximum atomic E-state index is 13.1. The lowest BCUT2D eigenvalue weighted by Crippen LogP contribution is -2.42. The number of thiazole rings is 1. The molecule has 0 radical (unpaired) electrons. The molecule has 8 nitrogen and oxygen atoms in total. The van der Waals surface area contributed by atoms with E-state index in [1.54, 1.807) is 31.7 Å². The number of carbonyl (C=O) groups excluding carboxylic acids is 1. The standard InChI is InChI=1S/C21H25N3O5S3/c1-4-24-18-15(28-2)9-10-16(29-3)19(18)31-21(24)22-20(25)14-7-5-11-23(13-14)32(26,27)17-8-6-12-30-17/h6,8-10,12,14H,4-5,7,11,13H2,1-3H3. The first-order chi connectivity index (χ1) is 15.4. The SMILES string of the molecule is CCn1c(=NC(=O)C2CCCN(S(=O)(=O)c3cccs3)C2)sc2c(OC)ccc(OC)c21. The predicted molar refractivity (Wildman–Crippen MR) is 125 cm³/mol. The van der Waals surface area contributed by atoms with Gasteiger partial charge in [-0.3, -0.25) is 4.79 Å². The quantitative estimate of drug-likeness (QED) is 0.523. The number of hydrogen-bond acceptors (Lipinski definition) is 7. The third-order valence-corrected chi connectivity index (χ3v) is 9.87. The Morgan fingerprint density at radius 3 is 2.62 bits per heavy atom. The summed E-state index contributed by atoms with van der Waals surface area (Å²) >= 11 is 2.55. The average Bonchev–Trinajstić information content (AvgIpc) is 3.47. The molecule has 1 aliphatic heterocycles. The summed E-state index contributed by atoms with van der Waals surface area (Å²) in [6, 6.07) is 6.97. The fourth-order valence-corrected chi connectivity index (χ4v) is 7.79. The Balaban J connectivity index is 1.69. The number of benzene rings is 1. The molecule has 0 saturated carbocycles. The first kappa shape index (κ1) is 23.0. The Kier molecular flexibility index (Phi) is 6.70. The smallest absolute Gasteiger partial charge is 0.252 e. The lowest BCUT2D eigenvalue weighted by atomic mass is 9.99. The molecule has 0 aliphatic carbocycles. The largest absolute Gasteiger partial charge is 0.495 e. The number of rotatable bonds is 6. The van der Waals surface area contributed by atoms with Crippen LogP contribution in [0.1, 0.15) is 19.8 Å². The highest BCUT2D eigenvalue weighted by molar-refractivity contribution is 7.91. The van der Waals surface area contributed by atoms with Crippen LogP contribution in [0, 0.1) is 5.92 Å².